The molecule has 0 N–H and O–H groups in total. The summed E-state index contributed by atoms with van der Waals surface area (Å²) in [6.45, 7) is 2.26. The van der Waals surface area contributed by atoms with E-state index >= 15 is 0 Å². The zero-order chi connectivity index (χ0) is 23.3. The topological polar surface area (TPSA) is 35.5 Å². The first-order valence-electron chi connectivity index (χ1n) is 12.9. The van der Waals surface area contributed by atoms with Gasteiger partial charge in [0.2, 0.25) is 0 Å². The average Bonchev–Trinajstić information content (AvgIpc) is 2.85. The van der Waals surface area contributed by atoms with Crippen molar-refractivity contribution in [1.29, 1.82) is 0 Å². The zero-order valence-corrected chi connectivity index (χ0v) is 20.5. The van der Waals surface area contributed by atoms with Crippen LogP contribution in [0.3, 0.4) is 0 Å². The van der Waals surface area contributed by atoms with E-state index in [0.717, 1.165) is 29.4 Å². The molecule has 0 heterocycles. The van der Waals surface area contributed by atoms with Crippen molar-refractivity contribution >= 4 is 27.5 Å². The van der Waals surface area contributed by atoms with Gasteiger partial charge in [0.05, 0.1) is 7.11 Å². The van der Waals surface area contributed by atoms with Crippen LogP contribution in [0, 0.1) is 0 Å². The number of carbonyl (C=O) groups is 1. The molecule has 0 aliphatic rings. The molecule has 1 atom stereocenters. The maximum absolute atomic E-state index is 12.4. The molecule has 3 aromatic carbocycles. The SMILES string of the molecule is CCCCCCCCCCCCCC(Oc1cccc2cc3ccccc3cc12)C(=O)OC. The summed E-state index contributed by atoms with van der Waals surface area (Å²) in [5, 5.41) is 4.52. The molecular weight excluding hydrogens is 408 g/mol. The number of ether oxygens (including phenoxy) is 2. The van der Waals surface area contributed by atoms with Gasteiger partial charge in [0.1, 0.15) is 5.75 Å². The lowest BCUT2D eigenvalue weighted by Gasteiger charge is -2.18. The Hall–Kier alpha value is -2.55. The highest BCUT2D eigenvalue weighted by Gasteiger charge is 2.21. The summed E-state index contributed by atoms with van der Waals surface area (Å²) in [7, 11) is 1.44. The molecule has 3 heteroatoms. The predicted octanol–water partition coefficient (Wildman–Crippen LogP) is 8.61. The van der Waals surface area contributed by atoms with Crippen molar-refractivity contribution in [1.82, 2.24) is 0 Å². The molecule has 3 nitrogen and oxygen atoms in total. The van der Waals surface area contributed by atoms with Gasteiger partial charge in [-0.15, -0.1) is 0 Å². The Morgan fingerprint density at radius 3 is 1.94 bits per heavy atom. The van der Waals surface area contributed by atoms with Gasteiger partial charge >= 0.3 is 5.97 Å². The van der Waals surface area contributed by atoms with Gasteiger partial charge in [-0.1, -0.05) is 108 Å². The van der Waals surface area contributed by atoms with Gasteiger partial charge < -0.3 is 9.47 Å². The Labute approximate surface area is 199 Å². The smallest absolute Gasteiger partial charge is 0.347 e. The van der Waals surface area contributed by atoms with Gasteiger partial charge in [-0.25, -0.2) is 4.79 Å². The molecule has 0 aliphatic heterocycles. The second-order valence-electron chi connectivity index (χ2n) is 9.13. The van der Waals surface area contributed by atoms with E-state index in [0.29, 0.717) is 6.42 Å². The first kappa shape index (κ1) is 25.1. The number of unbranched alkanes of at least 4 members (excludes halogenated alkanes) is 10. The van der Waals surface area contributed by atoms with Gasteiger partial charge in [0.15, 0.2) is 6.10 Å². The Kier molecular flexibility index (Phi) is 10.5. The number of hydrogen-bond acceptors (Lipinski definition) is 3. The van der Waals surface area contributed by atoms with Crippen LogP contribution >= 0.6 is 0 Å². The molecule has 0 radical (unpaired) electrons. The maximum Gasteiger partial charge on any atom is 0.347 e. The highest BCUT2D eigenvalue weighted by molar-refractivity contribution is 6.01. The molecule has 1 unspecified atom stereocenters. The molecular formula is C30H40O3. The third-order valence-electron chi connectivity index (χ3n) is 6.51. The summed E-state index contributed by atoms with van der Waals surface area (Å²) < 4.78 is 11.3. The first-order chi connectivity index (χ1) is 16.2. The van der Waals surface area contributed by atoms with E-state index in [1.54, 1.807) is 0 Å². The van der Waals surface area contributed by atoms with Crippen LogP contribution < -0.4 is 4.74 Å². The largest absolute Gasteiger partial charge is 0.478 e. The van der Waals surface area contributed by atoms with Gasteiger partial charge in [0, 0.05) is 5.39 Å². The monoisotopic (exact) mass is 448 g/mol. The standard InChI is InChI=1S/C30H40O3/c1-3-4-5-6-7-8-9-10-11-12-13-20-29(30(31)32-2)33-28-21-16-19-26-22-24-17-14-15-18-25(24)23-27(26)28/h14-19,21-23,29H,3-13,20H2,1-2H3. The molecule has 0 saturated heterocycles. The Morgan fingerprint density at radius 1 is 0.727 bits per heavy atom. The van der Waals surface area contributed by atoms with E-state index in [2.05, 4.69) is 43.3 Å². The average molecular weight is 449 g/mol. The Morgan fingerprint density at radius 2 is 1.30 bits per heavy atom. The van der Waals surface area contributed by atoms with Crippen LogP contribution in [0.5, 0.6) is 5.75 Å². The van der Waals surface area contributed by atoms with Crippen molar-refractivity contribution in [3.8, 4) is 5.75 Å². The van der Waals surface area contributed by atoms with Crippen molar-refractivity contribution in [2.75, 3.05) is 7.11 Å². The lowest BCUT2D eigenvalue weighted by molar-refractivity contribution is -0.149. The van der Waals surface area contributed by atoms with Crippen LogP contribution in [0.25, 0.3) is 21.5 Å². The molecule has 0 aromatic heterocycles. The second-order valence-corrected chi connectivity index (χ2v) is 9.13. The minimum Gasteiger partial charge on any atom is -0.478 e. The molecule has 3 aromatic rings. The van der Waals surface area contributed by atoms with Gasteiger partial charge in [-0.3, -0.25) is 0 Å². The van der Waals surface area contributed by atoms with Gasteiger partial charge in [-0.05, 0) is 47.2 Å². The van der Waals surface area contributed by atoms with Crippen molar-refractivity contribution in [3.63, 3.8) is 0 Å². The lowest BCUT2D eigenvalue weighted by Crippen LogP contribution is -2.28. The molecule has 178 valence electrons. The zero-order valence-electron chi connectivity index (χ0n) is 20.5. The van der Waals surface area contributed by atoms with E-state index in [1.807, 2.05) is 18.2 Å². The van der Waals surface area contributed by atoms with Crippen LogP contribution in [0.2, 0.25) is 0 Å². The number of carbonyl (C=O) groups excluding carboxylic acids is 1. The summed E-state index contributed by atoms with van der Waals surface area (Å²) in [6.07, 6.45) is 14.3. The predicted molar refractivity (Wildman–Crippen MR) is 139 cm³/mol. The Bertz CT molecular complexity index is 994. The van der Waals surface area contributed by atoms with Crippen molar-refractivity contribution < 1.29 is 14.3 Å². The lowest BCUT2D eigenvalue weighted by atomic mass is 10.0. The van der Waals surface area contributed by atoms with Crippen molar-refractivity contribution in [2.24, 2.45) is 0 Å². The van der Waals surface area contributed by atoms with Crippen molar-refractivity contribution in [2.45, 2.75) is 90.1 Å². The quantitative estimate of drug-likeness (QED) is 0.133. The molecule has 3 rings (SSSR count). The number of benzene rings is 3. The molecule has 0 fully saturated rings. The molecule has 0 amide bonds. The van der Waals surface area contributed by atoms with Gasteiger partial charge in [-0.2, -0.15) is 0 Å². The maximum atomic E-state index is 12.4. The number of rotatable bonds is 15. The number of methoxy groups -OCH3 is 1. The minimum atomic E-state index is -0.564. The van der Waals surface area contributed by atoms with E-state index in [9.17, 15) is 4.79 Å². The molecule has 0 aliphatic carbocycles. The highest BCUT2D eigenvalue weighted by Crippen LogP contribution is 2.31. The molecule has 0 bridgehead atoms. The van der Waals surface area contributed by atoms with E-state index in [-0.39, 0.29) is 5.97 Å². The molecule has 33 heavy (non-hydrogen) atoms. The van der Waals surface area contributed by atoms with Crippen LogP contribution in [0.4, 0.5) is 0 Å². The van der Waals surface area contributed by atoms with E-state index in [1.165, 1.54) is 75.7 Å². The van der Waals surface area contributed by atoms with Crippen LogP contribution in [-0.2, 0) is 9.53 Å². The number of esters is 1. The fourth-order valence-corrected chi connectivity index (χ4v) is 4.54. The fraction of sp³-hybridized carbons (Fsp3) is 0.500. The highest BCUT2D eigenvalue weighted by atomic mass is 16.6. The van der Waals surface area contributed by atoms with Crippen LogP contribution in [0.1, 0.15) is 84.0 Å². The summed E-state index contributed by atoms with van der Waals surface area (Å²) in [5.74, 6) is 0.455. The summed E-state index contributed by atoms with van der Waals surface area (Å²) in [4.78, 5) is 12.4. The van der Waals surface area contributed by atoms with Crippen molar-refractivity contribution in [3.05, 3.63) is 54.6 Å². The molecule has 0 spiro atoms. The third-order valence-corrected chi connectivity index (χ3v) is 6.51. The summed E-state index contributed by atoms with van der Waals surface area (Å²) in [6, 6.07) is 18.7. The van der Waals surface area contributed by atoms with Crippen LogP contribution in [0.15, 0.2) is 54.6 Å². The van der Waals surface area contributed by atoms with E-state index < -0.39 is 6.10 Å². The normalized spacial score (nSPS) is 12.2. The minimum absolute atomic E-state index is 0.292. The summed E-state index contributed by atoms with van der Waals surface area (Å²) in [5.41, 5.74) is 0. The first-order valence-corrected chi connectivity index (χ1v) is 12.9. The number of hydrogen-bond donors (Lipinski definition) is 0. The fourth-order valence-electron chi connectivity index (χ4n) is 4.54. The number of fused-ring (bicyclic) bond motifs is 2. The molecule has 0 saturated carbocycles. The second kappa shape index (κ2) is 13.9. The summed E-state index contributed by atoms with van der Waals surface area (Å²) >= 11 is 0. The van der Waals surface area contributed by atoms with E-state index in [4.69, 9.17) is 9.47 Å². The third kappa shape index (κ3) is 7.77. The Balaban J connectivity index is 1.50. The van der Waals surface area contributed by atoms with Gasteiger partial charge in [0.25, 0.3) is 0 Å². The van der Waals surface area contributed by atoms with Crippen LogP contribution in [-0.4, -0.2) is 19.2 Å².